The van der Waals surface area contributed by atoms with Gasteiger partial charge in [-0.25, -0.2) is 14.4 Å². The fraction of sp³-hybridized carbons (Fsp3) is 0.0606. The molecular weight excluding hydrogens is 591 g/mol. The van der Waals surface area contributed by atoms with Crippen LogP contribution in [-0.2, 0) is 16.6 Å². The number of carbonyl (C=O) groups excluding carboxylic acids is 2. The van der Waals surface area contributed by atoms with Crippen LogP contribution in [0.2, 0.25) is 0 Å². The molecule has 0 atom stereocenters. The Morgan fingerprint density at radius 2 is 1.63 bits per heavy atom. The van der Waals surface area contributed by atoms with Gasteiger partial charge in [0.25, 0.3) is 11.8 Å². The van der Waals surface area contributed by atoms with Crippen molar-refractivity contribution in [2.24, 2.45) is 7.05 Å². The van der Waals surface area contributed by atoms with Crippen molar-refractivity contribution in [3.05, 3.63) is 109 Å². The van der Waals surface area contributed by atoms with Crippen molar-refractivity contribution < 1.29 is 23.1 Å². The number of para-hydroxylation sites is 1. The van der Waals surface area contributed by atoms with E-state index < -0.39 is 17.6 Å². The first kappa shape index (κ1) is 29.6. The minimum atomic E-state index is -0.674. The minimum Gasteiger partial charge on any atom is -0.438 e. The zero-order chi connectivity index (χ0) is 32.2. The average molecular weight is 619 g/mol. The van der Waals surface area contributed by atoms with Crippen LogP contribution in [0.4, 0.5) is 21.5 Å². The summed E-state index contributed by atoms with van der Waals surface area (Å²) in [4.78, 5) is 34.6. The molecule has 13 heteroatoms. The van der Waals surface area contributed by atoms with Crippen molar-refractivity contribution in [2.45, 2.75) is 0 Å². The second-order valence-electron chi connectivity index (χ2n) is 10.0. The van der Waals surface area contributed by atoms with Gasteiger partial charge in [-0.15, -0.1) is 0 Å². The van der Waals surface area contributed by atoms with E-state index >= 15 is 0 Å². The second-order valence-corrected chi connectivity index (χ2v) is 10.0. The monoisotopic (exact) mass is 618 g/mol. The number of carbonyl (C=O) groups is 2. The standard InChI is InChI=1S/C33H27FN8O4/c1-36-16-25(30(43)40-21-9-7-20(34)8-10-21)31(44)41-22-11-13-23(14-12-22)45-32-28-27(24-5-3-4-6-26(24)35)29(19-15-39-42(2)17-19)46-33(28)38-18-37-32/h3-18,36H,35H2,1-2H3,(H,40,43)(H,41,44)/b25-16+. The Bertz CT molecular complexity index is 2090. The van der Waals surface area contributed by atoms with Gasteiger partial charge in [0.1, 0.15) is 34.6 Å². The highest BCUT2D eigenvalue weighted by atomic mass is 19.1. The van der Waals surface area contributed by atoms with Crippen molar-refractivity contribution in [2.75, 3.05) is 23.4 Å². The van der Waals surface area contributed by atoms with Gasteiger partial charge in [0.2, 0.25) is 11.6 Å². The molecule has 0 aliphatic carbocycles. The number of ether oxygens (including phenoxy) is 1. The van der Waals surface area contributed by atoms with E-state index in [1.807, 2.05) is 31.4 Å². The van der Waals surface area contributed by atoms with E-state index in [1.165, 1.54) is 36.8 Å². The lowest BCUT2D eigenvalue weighted by Crippen LogP contribution is -2.26. The summed E-state index contributed by atoms with van der Waals surface area (Å²) in [7, 11) is 3.37. The van der Waals surface area contributed by atoms with Gasteiger partial charge in [-0.1, -0.05) is 18.2 Å². The third-order valence-electron chi connectivity index (χ3n) is 6.86. The lowest BCUT2D eigenvalue weighted by Gasteiger charge is -2.11. The van der Waals surface area contributed by atoms with E-state index in [1.54, 1.807) is 48.3 Å². The third kappa shape index (κ3) is 6.10. The van der Waals surface area contributed by atoms with Crippen LogP contribution in [0, 0.1) is 5.82 Å². The number of rotatable bonds is 9. The third-order valence-corrected chi connectivity index (χ3v) is 6.86. The zero-order valence-corrected chi connectivity index (χ0v) is 24.6. The SMILES string of the molecule is CN/C=C(\C(=O)Nc1ccc(F)cc1)C(=O)Nc1ccc(Oc2ncnc3oc(-c4cnn(C)c4)c(-c4ccccc4N)c23)cc1. The number of aryl methyl sites for hydroxylation is 1. The van der Waals surface area contributed by atoms with Crippen LogP contribution in [0.3, 0.4) is 0 Å². The summed E-state index contributed by atoms with van der Waals surface area (Å²) in [5.41, 5.74) is 9.87. The molecule has 0 saturated carbocycles. The Balaban J connectivity index is 1.26. The number of fused-ring (bicyclic) bond motifs is 1. The number of nitrogens with one attached hydrogen (secondary N) is 3. The molecule has 0 radical (unpaired) electrons. The Kier molecular flexibility index (Phi) is 8.11. The zero-order valence-electron chi connectivity index (χ0n) is 24.6. The molecule has 0 aliphatic heterocycles. The summed E-state index contributed by atoms with van der Waals surface area (Å²) >= 11 is 0. The molecule has 12 nitrogen and oxygen atoms in total. The van der Waals surface area contributed by atoms with Crippen LogP contribution >= 0.6 is 0 Å². The van der Waals surface area contributed by atoms with Crippen molar-refractivity contribution in [1.29, 1.82) is 0 Å². The molecule has 3 aromatic carbocycles. The van der Waals surface area contributed by atoms with Gasteiger partial charge >= 0.3 is 0 Å². The fourth-order valence-electron chi connectivity index (χ4n) is 4.73. The van der Waals surface area contributed by atoms with Crippen LogP contribution in [0.25, 0.3) is 33.6 Å². The number of aromatic nitrogens is 4. The van der Waals surface area contributed by atoms with Crippen LogP contribution in [0.15, 0.2) is 108 Å². The van der Waals surface area contributed by atoms with Gasteiger partial charge < -0.3 is 30.8 Å². The first-order valence-electron chi connectivity index (χ1n) is 14.0. The van der Waals surface area contributed by atoms with E-state index in [0.29, 0.717) is 50.8 Å². The number of nitrogens with two attached hydrogens (primary N) is 1. The Morgan fingerprint density at radius 3 is 2.26 bits per heavy atom. The molecule has 0 saturated heterocycles. The Hall–Kier alpha value is -6.50. The quantitative estimate of drug-likeness (QED) is 0.0711. The maximum atomic E-state index is 13.2. The van der Waals surface area contributed by atoms with E-state index in [0.717, 1.165) is 5.56 Å². The van der Waals surface area contributed by atoms with Gasteiger partial charge in [-0.2, -0.15) is 5.10 Å². The molecule has 230 valence electrons. The Morgan fingerprint density at radius 1 is 0.957 bits per heavy atom. The van der Waals surface area contributed by atoms with Crippen LogP contribution in [0.1, 0.15) is 0 Å². The summed E-state index contributed by atoms with van der Waals surface area (Å²) in [6.07, 6.45) is 6.12. The van der Waals surface area contributed by atoms with Gasteiger partial charge in [-0.05, 0) is 54.6 Å². The van der Waals surface area contributed by atoms with Crippen LogP contribution in [-0.4, -0.2) is 38.6 Å². The summed E-state index contributed by atoms with van der Waals surface area (Å²) in [6, 6.07) is 19.1. The number of anilines is 3. The number of furan rings is 1. The second kappa shape index (κ2) is 12.6. The first-order chi connectivity index (χ1) is 22.3. The molecule has 6 aromatic rings. The highest BCUT2D eigenvalue weighted by molar-refractivity contribution is 6.26. The number of amides is 2. The number of halogens is 1. The van der Waals surface area contributed by atoms with E-state index in [9.17, 15) is 14.0 Å². The predicted octanol–water partition coefficient (Wildman–Crippen LogP) is 5.48. The largest absolute Gasteiger partial charge is 0.438 e. The minimum absolute atomic E-state index is 0.187. The van der Waals surface area contributed by atoms with Gasteiger partial charge in [-0.3, -0.25) is 14.3 Å². The number of hydrogen-bond donors (Lipinski definition) is 4. The van der Waals surface area contributed by atoms with E-state index in [-0.39, 0.29) is 11.5 Å². The molecule has 3 aromatic heterocycles. The molecule has 46 heavy (non-hydrogen) atoms. The van der Waals surface area contributed by atoms with E-state index in [2.05, 4.69) is 31.0 Å². The summed E-state index contributed by atoms with van der Waals surface area (Å²) in [5.74, 6) is -0.625. The molecular formula is C33H27FN8O4. The summed E-state index contributed by atoms with van der Waals surface area (Å²) < 4.78 is 27.3. The Labute approximate surface area is 261 Å². The highest BCUT2D eigenvalue weighted by Crippen LogP contribution is 2.45. The van der Waals surface area contributed by atoms with E-state index in [4.69, 9.17) is 14.9 Å². The topological polar surface area (TPSA) is 162 Å². The summed E-state index contributed by atoms with van der Waals surface area (Å²) in [5, 5.41) is 12.8. The summed E-state index contributed by atoms with van der Waals surface area (Å²) in [6.45, 7) is 0. The number of benzene rings is 3. The predicted molar refractivity (Wildman–Crippen MR) is 171 cm³/mol. The lowest BCUT2D eigenvalue weighted by atomic mass is 9.99. The molecule has 6 rings (SSSR count). The van der Waals surface area contributed by atoms with Crippen molar-refractivity contribution >= 4 is 40.0 Å². The maximum Gasteiger partial charge on any atom is 0.262 e. The molecule has 3 heterocycles. The van der Waals surface area contributed by atoms with Crippen molar-refractivity contribution in [1.82, 2.24) is 25.1 Å². The van der Waals surface area contributed by atoms with Gasteiger partial charge in [0, 0.05) is 54.7 Å². The van der Waals surface area contributed by atoms with Crippen LogP contribution < -0.4 is 26.4 Å². The fourth-order valence-corrected chi connectivity index (χ4v) is 4.73. The molecule has 0 bridgehead atoms. The first-order valence-corrected chi connectivity index (χ1v) is 14.0. The molecule has 2 amide bonds. The van der Waals surface area contributed by atoms with Gasteiger partial charge in [0.15, 0.2) is 0 Å². The number of nitrogen functional groups attached to an aromatic ring is 1. The van der Waals surface area contributed by atoms with Crippen molar-refractivity contribution in [3.8, 4) is 34.1 Å². The average Bonchev–Trinajstić information content (AvgIpc) is 3.66. The molecule has 0 fully saturated rings. The normalized spacial score (nSPS) is 11.3. The highest BCUT2D eigenvalue weighted by Gasteiger charge is 2.25. The number of hydrogen-bond acceptors (Lipinski definition) is 9. The maximum absolute atomic E-state index is 13.2. The molecule has 5 N–H and O–H groups in total. The lowest BCUT2D eigenvalue weighted by molar-refractivity contribution is -0.118. The number of nitrogens with zero attached hydrogens (tertiary/aromatic N) is 4. The smallest absolute Gasteiger partial charge is 0.262 e. The molecule has 0 aliphatic rings. The van der Waals surface area contributed by atoms with Crippen molar-refractivity contribution in [3.63, 3.8) is 0 Å². The van der Waals surface area contributed by atoms with Crippen LogP contribution in [0.5, 0.6) is 11.6 Å². The van der Waals surface area contributed by atoms with Gasteiger partial charge in [0.05, 0.1) is 11.8 Å². The molecule has 0 spiro atoms. The molecule has 0 unspecified atom stereocenters.